The van der Waals surface area contributed by atoms with Crippen molar-refractivity contribution in [1.82, 2.24) is 0 Å². The number of hydrogen-bond acceptors (Lipinski definition) is 3. The van der Waals surface area contributed by atoms with Gasteiger partial charge in [0.1, 0.15) is 10.0 Å². The van der Waals surface area contributed by atoms with E-state index in [-0.39, 0.29) is 9.90 Å². The highest BCUT2D eigenvalue weighted by atomic mass is 79.9. The van der Waals surface area contributed by atoms with Gasteiger partial charge in [-0.1, -0.05) is 6.07 Å². The quantitative estimate of drug-likeness (QED) is 0.893. The lowest BCUT2D eigenvalue weighted by Gasteiger charge is -2.07. The van der Waals surface area contributed by atoms with Gasteiger partial charge in [0.15, 0.2) is 0 Å². The lowest BCUT2D eigenvalue weighted by molar-refractivity contribution is 0.603. The molecule has 3 nitrogen and oxygen atoms in total. The maximum Gasteiger partial charge on any atom is 0.271 e. The number of thiophene rings is 1. The van der Waals surface area contributed by atoms with Crippen LogP contribution in [-0.4, -0.2) is 8.42 Å². The summed E-state index contributed by atoms with van der Waals surface area (Å²) >= 11 is 4.40. The van der Waals surface area contributed by atoms with Crippen LogP contribution < -0.4 is 4.72 Å². The van der Waals surface area contributed by atoms with Crippen molar-refractivity contribution in [3.05, 3.63) is 45.0 Å². The molecule has 102 valence electrons. The molecule has 0 bridgehead atoms. The Hall–Kier alpha value is -0.920. The van der Waals surface area contributed by atoms with E-state index in [1.165, 1.54) is 18.2 Å². The van der Waals surface area contributed by atoms with Crippen molar-refractivity contribution in [2.45, 2.75) is 18.1 Å². The first-order chi connectivity index (χ1) is 8.79. The van der Waals surface area contributed by atoms with E-state index in [0.717, 1.165) is 20.7 Å². The lowest BCUT2D eigenvalue weighted by atomic mass is 10.2. The minimum absolute atomic E-state index is 0.192. The molecule has 0 saturated heterocycles. The average molecular weight is 364 g/mol. The fraction of sp³-hybridized carbons (Fsp3) is 0.167. The summed E-state index contributed by atoms with van der Waals surface area (Å²) in [5.74, 6) is -0.441. The number of hydrogen-bond donors (Lipinski definition) is 1. The Labute approximate surface area is 123 Å². The molecule has 1 heterocycles. The van der Waals surface area contributed by atoms with Crippen LogP contribution >= 0.6 is 27.3 Å². The maximum absolute atomic E-state index is 13.4. The van der Waals surface area contributed by atoms with Crippen LogP contribution in [0.15, 0.2) is 32.3 Å². The zero-order valence-electron chi connectivity index (χ0n) is 10.2. The van der Waals surface area contributed by atoms with E-state index >= 15 is 0 Å². The predicted octanol–water partition coefficient (Wildman–Crippen LogP) is 4.07. The molecule has 0 amide bonds. The van der Waals surface area contributed by atoms with Crippen molar-refractivity contribution in [3.8, 4) is 0 Å². The van der Waals surface area contributed by atoms with E-state index in [2.05, 4.69) is 20.7 Å². The van der Waals surface area contributed by atoms with Gasteiger partial charge < -0.3 is 0 Å². The molecular formula is C12H11BrFNO2S2. The van der Waals surface area contributed by atoms with E-state index in [1.54, 1.807) is 13.0 Å². The summed E-state index contributed by atoms with van der Waals surface area (Å²) in [6.45, 7) is 3.43. The second-order valence-electron chi connectivity index (χ2n) is 4.09. The molecule has 0 aliphatic carbocycles. The van der Waals surface area contributed by atoms with Crippen molar-refractivity contribution in [2.75, 3.05) is 4.72 Å². The number of rotatable bonds is 3. The molecule has 0 unspecified atom stereocenters. The van der Waals surface area contributed by atoms with Gasteiger partial charge in [-0.15, -0.1) is 11.3 Å². The molecule has 0 saturated carbocycles. The fourth-order valence-corrected chi connectivity index (χ4v) is 4.70. The summed E-state index contributed by atoms with van der Waals surface area (Å²) < 4.78 is 40.9. The zero-order valence-corrected chi connectivity index (χ0v) is 13.4. The van der Waals surface area contributed by atoms with Gasteiger partial charge in [-0.2, -0.15) is 0 Å². The summed E-state index contributed by atoms with van der Waals surface area (Å²) in [6.07, 6.45) is 0. The Morgan fingerprint density at radius 3 is 2.42 bits per heavy atom. The Bertz CT molecular complexity index is 706. The second-order valence-corrected chi connectivity index (χ2v) is 8.37. The molecule has 1 aromatic heterocycles. The second kappa shape index (κ2) is 5.22. The molecule has 0 atom stereocenters. The maximum atomic E-state index is 13.4. The van der Waals surface area contributed by atoms with Gasteiger partial charge >= 0.3 is 0 Å². The topological polar surface area (TPSA) is 46.2 Å². The minimum atomic E-state index is -3.67. The van der Waals surface area contributed by atoms with Gasteiger partial charge in [-0.3, -0.25) is 4.72 Å². The Kier molecular flexibility index (Phi) is 3.98. The van der Waals surface area contributed by atoms with E-state index in [4.69, 9.17) is 0 Å². The Balaban J connectivity index is 2.33. The predicted molar refractivity (Wildman–Crippen MR) is 78.7 cm³/mol. The molecule has 0 aliphatic rings. The van der Waals surface area contributed by atoms with Crippen molar-refractivity contribution in [2.24, 2.45) is 0 Å². The van der Waals surface area contributed by atoms with Crippen molar-refractivity contribution >= 4 is 43.0 Å². The van der Waals surface area contributed by atoms with Gasteiger partial charge in [0.25, 0.3) is 10.0 Å². The first kappa shape index (κ1) is 14.5. The molecule has 0 aliphatic heterocycles. The number of sulfonamides is 1. The number of aryl methyl sites for hydroxylation is 2. The Morgan fingerprint density at radius 1 is 1.21 bits per heavy atom. The third-order valence-electron chi connectivity index (χ3n) is 2.52. The average Bonchev–Trinajstić information content (AvgIpc) is 2.65. The van der Waals surface area contributed by atoms with Crippen molar-refractivity contribution < 1.29 is 12.8 Å². The van der Waals surface area contributed by atoms with Crippen LogP contribution in [0.4, 0.5) is 10.1 Å². The van der Waals surface area contributed by atoms with Crippen LogP contribution in [0.3, 0.4) is 0 Å². The highest BCUT2D eigenvalue weighted by Crippen LogP contribution is 2.31. The number of nitrogens with one attached hydrogen (secondary N) is 1. The molecule has 2 aromatic rings. The molecule has 1 aromatic carbocycles. The van der Waals surface area contributed by atoms with Crippen LogP contribution in [-0.2, 0) is 10.0 Å². The monoisotopic (exact) mass is 363 g/mol. The summed E-state index contributed by atoms with van der Waals surface area (Å²) in [4.78, 5) is 0. The molecule has 19 heavy (non-hydrogen) atoms. The summed E-state index contributed by atoms with van der Waals surface area (Å²) in [6, 6.07) is 5.80. The third-order valence-corrected chi connectivity index (χ3v) is 6.51. The largest absolute Gasteiger partial charge is 0.279 e. The lowest BCUT2D eigenvalue weighted by Crippen LogP contribution is -2.11. The van der Waals surface area contributed by atoms with Crippen molar-refractivity contribution in [3.63, 3.8) is 0 Å². The minimum Gasteiger partial charge on any atom is -0.279 e. The van der Waals surface area contributed by atoms with E-state index < -0.39 is 15.8 Å². The molecule has 0 fully saturated rings. The molecule has 2 rings (SSSR count). The molecular weight excluding hydrogens is 353 g/mol. The number of anilines is 1. The van der Waals surface area contributed by atoms with Gasteiger partial charge in [-0.25, -0.2) is 12.8 Å². The smallest absolute Gasteiger partial charge is 0.271 e. The van der Waals surface area contributed by atoms with Gasteiger partial charge in [0.2, 0.25) is 0 Å². The fourth-order valence-electron chi connectivity index (χ4n) is 1.43. The molecule has 0 radical (unpaired) electrons. The molecule has 7 heteroatoms. The van der Waals surface area contributed by atoms with Crippen LogP contribution in [0, 0.1) is 19.7 Å². The first-order valence-electron chi connectivity index (χ1n) is 5.34. The van der Waals surface area contributed by atoms with E-state index in [9.17, 15) is 12.8 Å². The zero-order chi connectivity index (χ0) is 14.2. The summed E-state index contributed by atoms with van der Waals surface area (Å²) in [5, 5.41) is 0. The van der Waals surface area contributed by atoms with Crippen LogP contribution in [0.5, 0.6) is 0 Å². The number of halogens is 2. The van der Waals surface area contributed by atoms with Gasteiger partial charge in [0, 0.05) is 0 Å². The SMILES string of the molecule is Cc1ccc(NS(=O)(=O)c2cc(C)c(Br)s2)cc1F. The van der Waals surface area contributed by atoms with Gasteiger partial charge in [-0.05, 0) is 59.1 Å². The molecule has 0 spiro atoms. The summed E-state index contributed by atoms with van der Waals surface area (Å²) in [7, 11) is -3.67. The highest BCUT2D eigenvalue weighted by molar-refractivity contribution is 9.11. The van der Waals surface area contributed by atoms with E-state index in [1.807, 2.05) is 6.92 Å². The Morgan fingerprint density at radius 2 is 1.89 bits per heavy atom. The normalized spacial score (nSPS) is 11.6. The molecule has 1 N–H and O–H groups in total. The van der Waals surface area contributed by atoms with Crippen LogP contribution in [0.25, 0.3) is 0 Å². The van der Waals surface area contributed by atoms with Gasteiger partial charge in [0.05, 0.1) is 9.47 Å². The standard InChI is InChI=1S/C12H11BrFNO2S2/c1-7-3-4-9(6-10(7)14)15-19(16,17)11-5-8(2)12(13)18-11/h3-6,15H,1-2H3. The first-order valence-corrected chi connectivity index (χ1v) is 8.44. The van der Waals surface area contributed by atoms with Crippen LogP contribution in [0.2, 0.25) is 0 Å². The summed E-state index contributed by atoms with van der Waals surface area (Å²) in [5.41, 5.74) is 1.53. The van der Waals surface area contributed by atoms with Crippen molar-refractivity contribution in [1.29, 1.82) is 0 Å². The van der Waals surface area contributed by atoms with Crippen LogP contribution in [0.1, 0.15) is 11.1 Å². The third kappa shape index (κ3) is 3.16. The van der Waals surface area contributed by atoms with E-state index in [0.29, 0.717) is 5.56 Å². The number of benzene rings is 1. The highest BCUT2D eigenvalue weighted by Gasteiger charge is 2.18.